The summed E-state index contributed by atoms with van der Waals surface area (Å²) in [5, 5.41) is 4.25. The average molecular weight is 624 g/mol. The molecule has 0 N–H and O–H groups in total. The first-order valence-electron chi connectivity index (χ1n) is 15.7. The Hall–Kier alpha value is -4.96. The summed E-state index contributed by atoms with van der Waals surface area (Å²) >= 11 is 0. The monoisotopic (exact) mass is 625 g/mol. The summed E-state index contributed by atoms with van der Waals surface area (Å²) in [6, 6.07) is 26.1. The van der Waals surface area contributed by atoms with E-state index in [1.54, 1.807) is 0 Å². The number of nitrogens with zero attached hydrogens (tertiary/aromatic N) is 3. The molecule has 2 heterocycles. The van der Waals surface area contributed by atoms with Crippen molar-refractivity contribution in [3.05, 3.63) is 78.9 Å². The predicted molar refractivity (Wildman–Crippen MR) is 220 cm³/mol. The average Bonchev–Trinajstić information content (AvgIpc) is 3.51. The van der Waals surface area contributed by atoms with Crippen molar-refractivity contribution in [3.63, 3.8) is 0 Å². The molecule has 0 spiro atoms. The lowest BCUT2D eigenvalue weighted by Crippen LogP contribution is -2.55. The van der Waals surface area contributed by atoms with Gasteiger partial charge in [0.1, 0.15) is 89.6 Å². The molecular formula is C37H13B10N3O. The third kappa shape index (κ3) is 5.25. The summed E-state index contributed by atoms with van der Waals surface area (Å²) in [5.74, 6) is 0.282. The van der Waals surface area contributed by atoms with E-state index in [1.807, 2.05) is 48.5 Å². The molecule has 14 heteroatoms. The van der Waals surface area contributed by atoms with Crippen molar-refractivity contribution in [2.75, 3.05) is 0 Å². The number of hydrogen-bond donors (Lipinski definition) is 0. The summed E-state index contributed by atoms with van der Waals surface area (Å²) in [6.07, 6.45) is 0. The minimum Gasteiger partial charge on any atom is -0.456 e. The second kappa shape index (κ2) is 12.4. The van der Waals surface area contributed by atoms with Crippen LogP contribution in [-0.4, -0.2) is 93.4 Å². The first kappa shape index (κ1) is 33.2. The third-order valence-electron chi connectivity index (χ3n) is 9.30. The van der Waals surface area contributed by atoms with Crippen molar-refractivity contribution in [1.82, 2.24) is 15.0 Å². The van der Waals surface area contributed by atoms with Gasteiger partial charge in [-0.25, -0.2) is 15.0 Å². The van der Waals surface area contributed by atoms with Crippen LogP contribution in [-0.2, 0) is 0 Å². The lowest BCUT2D eigenvalue weighted by molar-refractivity contribution is 0.669. The van der Waals surface area contributed by atoms with Crippen molar-refractivity contribution < 1.29 is 4.42 Å². The SMILES string of the molecule is [B]c1c([B])c([B])c(-c2nc(-c3ccc(-c4cccc5oc6cc7ccccc7cc6c45)cc3)nc(-c3c([B])c([B])c([B])c([B])c3[B])n2)c([B])c1[B]. The fourth-order valence-corrected chi connectivity index (χ4v) is 6.46. The molecule has 212 valence electrons. The highest BCUT2D eigenvalue weighted by Gasteiger charge is 2.21. The van der Waals surface area contributed by atoms with Crippen molar-refractivity contribution in [2.24, 2.45) is 0 Å². The number of aromatic nitrogens is 3. The molecule has 0 aliphatic heterocycles. The molecule has 8 aromatic rings. The number of fused-ring (bicyclic) bond motifs is 4. The molecule has 4 nitrogen and oxygen atoms in total. The summed E-state index contributed by atoms with van der Waals surface area (Å²) in [4.78, 5) is 14.2. The van der Waals surface area contributed by atoms with Gasteiger partial charge in [-0.1, -0.05) is 82.5 Å². The number of hydrogen-bond acceptors (Lipinski definition) is 4. The topological polar surface area (TPSA) is 51.8 Å². The van der Waals surface area contributed by atoms with Crippen LogP contribution in [0.1, 0.15) is 0 Å². The van der Waals surface area contributed by atoms with Crippen molar-refractivity contribution in [2.45, 2.75) is 0 Å². The molecule has 0 aliphatic carbocycles. The minimum absolute atomic E-state index is 0.0264. The van der Waals surface area contributed by atoms with Crippen LogP contribution in [0.3, 0.4) is 0 Å². The van der Waals surface area contributed by atoms with E-state index >= 15 is 0 Å². The van der Waals surface area contributed by atoms with Gasteiger partial charge in [0, 0.05) is 27.5 Å². The fourth-order valence-electron chi connectivity index (χ4n) is 6.46. The van der Waals surface area contributed by atoms with Crippen LogP contribution in [0.5, 0.6) is 0 Å². The number of benzene rings is 6. The van der Waals surface area contributed by atoms with Crippen LogP contribution in [0, 0.1) is 0 Å². The smallest absolute Gasteiger partial charge is 0.164 e. The van der Waals surface area contributed by atoms with E-state index in [1.165, 1.54) is 0 Å². The molecule has 0 atom stereocenters. The Morgan fingerprint density at radius 3 is 1.37 bits per heavy atom. The zero-order valence-electron chi connectivity index (χ0n) is 27.0. The molecule has 51 heavy (non-hydrogen) atoms. The molecule has 0 bridgehead atoms. The Morgan fingerprint density at radius 1 is 0.392 bits per heavy atom. The maximum absolute atomic E-state index is 6.43. The second-order valence-corrected chi connectivity index (χ2v) is 12.2. The maximum atomic E-state index is 6.43. The highest BCUT2D eigenvalue weighted by atomic mass is 16.3. The van der Waals surface area contributed by atoms with E-state index in [-0.39, 0.29) is 83.2 Å². The maximum Gasteiger partial charge on any atom is 0.164 e. The Labute approximate surface area is 308 Å². The van der Waals surface area contributed by atoms with Crippen LogP contribution in [0.4, 0.5) is 0 Å². The minimum atomic E-state index is 0.0264. The van der Waals surface area contributed by atoms with E-state index < -0.39 is 0 Å². The van der Waals surface area contributed by atoms with Gasteiger partial charge in [-0.15, -0.1) is 32.8 Å². The third-order valence-corrected chi connectivity index (χ3v) is 9.30. The highest BCUT2D eigenvalue weighted by Crippen LogP contribution is 2.38. The van der Waals surface area contributed by atoms with E-state index in [4.69, 9.17) is 92.8 Å². The van der Waals surface area contributed by atoms with Crippen LogP contribution in [0.2, 0.25) is 0 Å². The quantitative estimate of drug-likeness (QED) is 0.204. The molecule has 20 radical (unpaired) electrons. The number of furan rings is 1. The standard InChI is InChI=1S/C37H13B10N3O/c38-25-23(26(39)30(43)33(46)29(25)42)36-48-35(49-37(50-36)24-27(40)31(44)34(47)32(45)28(24)41)15-10-8-14(9-11-15)18-6-3-7-20-22(18)19-12-16-4-1-2-5-17(16)13-21(19)51-20/h1-13H. The summed E-state index contributed by atoms with van der Waals surface area (Å²) < 4.78 is 6.29. The van der Waals surface area contributed by atoms with Crippen LogP contribution >= 0.6 is 0 Å². The molecule has 8 rings (SSSR count). The highest BCUT2D eigenvalue weighted by molar-refractivity contribution is 6.69. The molecule has 0 saturated carbocycles. The first-order chi connectivity index (χ1) is 24.4. The molecule has 2 aromatic heterocycles. The van der Waals surface area contributed by atoms with E-state index in [0.29, 0.717) is 5.56 Å². The lowest BCUT2D eigenvalue weighted by Gasteiger charge is -2.22. The van der Waals surface area contributed by atoms with Crippen molar-refractivity contribution >= 4 is 166 Å². The fraction of sp³-hybridized carbons (Fsp3) is 0. The van der Waals surface area contributed by atoms with Gasteiger partial charge in [-0.3, -0.25) is 0 Å². The van der Waals surface area contributed by atoms with Crippen LogP contribution in [0.25, 0.3) is 78.0 Å². The lowest BCUT2D eigenvalue weighted by atomic mass is 9.60. The Morgan fingerprint density at radius 2 is 0.843 bits per heavy atom. The Bertz CT molecular complexity index is 2620. The van der Waals surface area contributed by atoms with E-state index in [0.717, 1.165) is 43.8 Å². The van der Waals surface area contributed by atoms with Crippen molar-refractivity contribution in [1.29, 1.82) is 0 Å². The Kier molecular flexibility index (Phi) is 8.05. The zero-order chi connectivity index (χ0) is 35.9. The molecular weight excluding hydrogens is 611 g/mol. The van der Waals surface area contributed by atoms with Crippen molar-refractivity contribution in [3.8, 4) is 45.3 Å². The number of rotatable bonds is 4. The zero-order valence-corrected chi connectivity index (χ0v) is 27.0. The predicted octanol–water partition coefficient (Wildman–Crippen LogP) is -2.47. The largest absolute Gasteiger partial charge is 0.456 e. The summed E-state index contributed by atoms with van der Waals surface area (Å²) in [7, 11) is 62.7. The Balaban J connectivity index is 1.32. The van der Waals surface area contributed by atoms with Gasteiger partial charge in [0.15, 0.2) is 17.5 Å². The summed E-state index contributed by atoms with van der Waals surface area (Å²) in [5.41, 5.74) is 4.75. The van der Waals surface area contributed by atoms with Gasteiger partial charge < -0.3 is 4.42 Å². The van der Waals surface area contributed by atoms with Gasteiger partial charge >= 0.3 is 0 Å². The first-order valence-corrected chi connectivity index (χ1v) is 15.7. The molecule has 0 fully saturated rings. The van der Waals surface area contributed by atoms with E-state index in [2.05, 4.69) is 35.3 Å². The molecule has 0 unspecified atom stereocenters. The molecule has 0 aliphatic rings. The van der Waals surface area contributed by atoms with Gasteiger partial charge in [0.25, 0.3) is 0 Å². The second-order valence-electron chi connectivity index (χ2n) is 12.2. The van der Waals surface area contributed by atoms with Gasteiger partial charge in [0.05, 0.1) is 0 Å². The normalized spacial score (nSPS) is 11.5. The van der Waals surface area contributed by atoms with Gasteiger partial charge in [0.2, 0.25) is 0 Å². The van der Waals surface area contributed by atoms with E-state index in [9.17, 15) is 0 Å². The molecule has 0 amide bonds. The van der Waals surface area contributed by atoms with Gasteiger partial charge in [-0.2, -0.15) is 0 Å². The van der Waals surface area contributed by atoms with Crippen LogP contribution in [0.15, 0.2) is 83.3 Å². The van der Waals surface area contributed by atoms with Crippen LogP contribution < -0.4 is 54.6 Å². The summed E-state index contributed by atoms with van der Waals surface area (Å²) in [6.45, 7) is 0. The molecule has 6 aromatic carbocycles. The van der Waals surface area contributed by atoms with Gasteiger partial charge in [-0.05, 0) is 40.1 Å². The molecule has 0 saturated heterocycles.